The molecule has 1 N–H and O–H groups in total. The van der Waals surface area contributed by atoms with Crippen molar-refractivity contribution in [1.29, 1.82) is 0 Å². The fraction of sp³-hybridized carbons (Fsp3) is 0.261. The van der Waals surface area contributed by atoms with Crippen molar-refractivity contribution in [2.24, 2.45) is 5.92 Å². The first-order valence-corrected chi connectivity index (χ1v) is 9.85. The number of halogens is 1. The minimum Gasteiger partial charge on any atom is -0.486 e. The number of carboxylic acids is 1. The van der Waals surface area contributed by atoms with Crippen LogP contribution in [0.4, 0.5) is 4.39 Å². The Kier molecular flexibility index (Phi) is 5.35. The first-order valence-electron chi connectivity index (χ1n) is 9.85. The summed E-state index contributed by atoms with van der Waals surface area (Å²) in [5.41, 5.74) is 1.54. The normalized spacial score (nSPS) is 14.3. The third-order valence-corrected chi connectivity index (χ3v) is 5.16. The van der Waals surface area contributed by atoms with Crippen LogP contribution < -0.4 is 4.74 Å². The van der Waals surface area contributed by atoms with Crippen LogP contribution in [0.5, 0.6) is 5.75 Å². The number of aromatic nitrogens is 2. The molecule has 7 heteroatoms. The number of ether oxygens (including phenoxy) is 1. The minimum atomic E-state index is -1.32. The molecule has 1 fully saturated rings. The van der Waals surface area contributed by atoms with E-state index < -0.39 is 11.8 Å². The lowest BCUT2D eigenvalue weighted by Crippen LogP contribution is -2.06. The standard InChI is InChI=1S/C23H21FN2O4/c1-2-21(30-18-8-5-15(6-9-18)22(27)14-3-4-14)16-12-25-26(13-16)17-7-10-19(23(28)29)20(24)11-17/h5-14,21H,2-4H2,1H3,(H,28,29). The van der Waals surface area contributed by atoms with Crippen LogP contribution in [0.1, 0.15) is 58.6 Å². The summed E-state index contributed by atoms with van der Waals surface area (Å²) in [4.78, 5) is 23.1. The second-order valence-electron chi connectivity index (χ2n) is 7.37. The Morgan fingerprint density at radius 1 is 1.23 bits per heavy atom. The lowest BCUT2D eigenvalue weighted by molar-refractivity contribution is 0.0691. The maximum Gasteiger partial charge on any atom is 0.338 e. The van der Waals surface area contributed by atoms with Crippen LogP contribution in [0.15, 0.2) is 54.9 Å². The predicted molar refractivity (Wildman–Crippen MR) is 108 cm³/mol. The highest BCUT2D eigenvalue weighted by molar-refractivity contribution is 5.99. The largest absolute Gasteiger partial charge is 0.486 e. The summed E-state index contributed by atoms with van der Waals surface area (Å²) >= 11 is 0. The van der Waals surface area contributed by atoms with Gasteiger partial charge in [-0.05, 0) is 55.7 Å². The molecule has 2 aromatic carbocycles. The Hall–Kier alpha value is -3.48. The third kappa shape index (κ3) is 4.10. The summed E-state index contributed by atoms with van der Waals surface area (Å²) in [6, 6.07) is 11.0. The molecule has 6 nitrogen and oxygen atoms in total. The Labute approximate surface area is 172 Å². The van der Waals surface area contributed by atoms with Gasteiger partial charge in [-0.1, -0.05) is 6.92 Å². The lowest BCUT2D eigenvalue weighted by Gasteiger charge is -2.16. The Morgan fingerprint density at radius 2 is 1.97 bits per heavy atom. The van der Waals surface area contributed by atoms with Gasteiger partial charge >= 0.3 is 5.97 Å². The first-order chi connectivity index (χ1) is 14.5. The lowest BCUT2D eigenvalue weighted by atomic mass is 10.1. The van der Waals surface area contributed by atoms with Crippen molar-refractivity contribution in [2.45, 2.75) is 32.3 Å². The van der Waals surface area contributed by atoms with Gasteiger partial charge in [-0.2, -0.15) is 5.10 Å². The monoisotopic (exact) mass is 408 g/mol. The number of hydrogen-bond acceptors (Lipinski definition) is 4. The topological polar surface area (TPSA) is 81.4 Å². The summed E-state index contributed by atoms with van der Waals surface area (Å²) in [5.74, 6) is -1.11. The number of carbonyl (C=O) groups is 2. The van der Waals surface area contributed by atoms with Gasteiger partial charge in [-0.15, -0.1) is 0 Å². The molecule has 0 bridgehead atoms. The van der Waals surface area contributed by atoms with Gasteiger partial charge in [-0.3, -0.25) is 4.79 Å². The van der Waals surface area contributed by atoms with E-state index in [4.69, 9.17) is 9.84 Å². The van der Waals surface area contributed by atoms with Gasteiger partial charge in [0.25, 0.3) is 0 Å². The molecule has 4 rings (SSSR count). The zero-order valence-corrected chi connectivity index (χ0v) is 16.4. The van der Waals surface area contributed by atoms with Crippen molar-refractivity contribution in [3.63, 3.8) is 0 Å². The molecule has 30 heavy (non-hydrogen) atoms. The van der Waals surface area contributed by atoms with Gasteiger partial charge in [0.05, 0.1) is 17.4 Å². The van der Waals surface area contributed by atoms with Gasteiger partial charge in [0.2, 0.25) is 0 Å². The van der Waals surface area contributed by atoms with Gasteiger partial charge in [0.1, 0.15) is 17.7 Å². The molecule has 0 aliphatic heterocycles. The zero-order chi connectivity index (χ0) is 21.3. The number of carboxylic acid groups (broad SMARTS) is 1. The van der Waals surface area contributed by atoms with Crippen molar-refractivity contribution in [3.8, 4) is 11.4 Å². The highest BCUT2D eigenvalue weighted by Crippen LogP contribution is 2.33. The maximum atomic E-state index is 14.0. The van der Waals surface area contributed by atoms with Gasteiger partial charge in [0.15, 0.2) is 5.78 Å². The van der Waals surface area contributed by atoms with Crippen LogP contribution in [0.3, 0.4) is 0 Å². The third-order valence-electron chi connectivity index (χ3n) is 5.16. The molecule has 3 aromatic rings. The molecule has 1 aliphatic carbocycles. The molecule has 1 atom stereocenters. The second kappa shape index (κ2) is 8.10. The van der Waals surface area contributed by atoms with E-state index in [-0.39, 0.29) is 23.4 Å². The van der Waals surface area contributed by atoms with Crippen LogP contribution in [-0.2, 0) is 0 Å². The molecule has 1 heterocycles. The van der Waals surface area contributed by atoms with Crippen molar-refractivity contribution in [1.82, 2.24) is 9.78 Å². The molecule has 0 radical (unpaired) electrons. The number of carbonyl (C=O) groups excluding carboxylic acids is 1. The summed E-state index contributed by atoms with van der Waals surface area (Å²) in [7, 11) is 0. The molecule has 1 saturated carbocycles. The van der Waals surface area contributed by atoms with Gasteiger partial charge in [-0.25, -0.2) is 13.9 Å². The number of aromatic carboxylic acids is 1. The number of hydrogen-bond donors (Lipinski definition) is 1. The van der Waals surface area contributed by atoms with E-state index in [0.29, 0.717) is 23.4 Å². The molecule has 0 spiro atoms. The fourth-order valence-corrected chi connectivity index (χ4v) is 3.29. The van der Waals surface area contributed by atoms with Crippen molar-refractivity contribution < 1.29 is 23.8 Å². The van der Waals surface area contributed by atoms with E-state index in [2.05, 4.69) is 5.10 Å². The molecule has 1 unspecified atom stereocenters. The van der Waals surface area contributed by atoms with E-state index in [1.807, 2.05) is 6.92 Å². The molecule has 0 saturated heterocycles. The Morgan fingerprint density at radius 3 is 2.57 bits per heavy atom. The van der Waals surface area contributed by atoms with Crippen LogP contribution in [0.2, 0.25) is 0 Å². The summed E-state index contributed by atoms with van der Waals surface area (Å²) < 4.78 is 21.5. The molecule has 0 amide bonds. The number of nitrogens with zero attached hydrogens (tertiary/aromatic N) is 2. The SMILES string of the molecule is CCC(Oc1ccc(C(=O)C2CC2)cc1)c1cnn(-c2ccc(C(=O)O)c(F)c2)c1. The van der Waals surface area contributed by atoms with E-state index >= 15 is 0 Å². The van der Waals surface area contributed by atoms with Crippen LogP contribution in [0.25, 0.3) is 5.69 Å². The second-order valence-corrected chi connectivity index (χ2v) is 7.37. The number of Topliss-reactive ketones (excluding diaryl/α,β-unsaturated/α-hetero) is 1. The summed E-state index contributed by atoms with van der Waals surface area (Å²) in [6.07, 6.45) is 5.73. The van der Waals surface area contributed by atoms with Crippen LogP contribution >= 0.6 is 0 Å². The Bertz CT molecular complexity index is 1090. The summed E-state index contributed by atoms with van der Waals surface area (Å²) in [5, 5.41) is 13.2. The molecular weight excluding hydrogens is 387 g/mol. The highest BCUT2D eigenvalue weighted by atomic mass is 19.1. The Balaban J connectivity index is 1.49. The summed E-state index contributed by atoms with van der Waals surface area (Å²) in [6.45, 7) is 1.98. The van der Waals surface area contributed by atoms with Crippen molar-refractivity contribution in [3.05, 3.63) is 77.4 Å². The van der Waals surface area contributed by atoms with Crippen molar-refractivity contribution in [2.75, 3.05) is 0 Å². The number of ketones is 1. The number of benzene rings is 2. The quantitative estimate of drug-likeness (QED) is 0.540. The molecule has 1 aromatic heterocycles. The fourth-order valence-electron chi connectivity index (χ4n) is 3.29. The number of rotatable bonds is 8. The van der Waals surface area contributed by atoms with Gasteiger partial charge < -0.3 is 9.84 Å². The molecular formula is C23H21FN2O4. The minimum absolute atomic E-state index is 0.181. The first kappa shape index (κ1) is 19.8. The van der Waals surface area contributed by atoms with Crippen LogP contribution in [0, 0.1) is 11.7 Å². The molecule has 1 aliphatic rings. The molecule has 154 valence electrons. The average molecular weight is 408 g/mol. The predicted octanol–water partition coefficient (Wildman–Crippen LogP) is 4.83. The van der Waals surface area contributed by atoms with Crippen LogP contribution in [-0.4, -0.2) is 26.6 Å². The van der Waals surface area contributed by atoms with E-state index in [1.54, 1.807) is 36.7 Å². The van der Waals surface area contributed by atoms with E-state index in [0.717, 1.165) is 24.5 Å². The maximum absolute atomic E-state index is 14.0. The van der Waals surface area contributed by atoms with E-state index in [1.165, 1.54) is 16.8 Å². The van der Waals surface area contributed by atoms with Gasteiger partial charge in [0, 0.05) is 29.3 Å². The van der Waals surface area contributed by atoms with E-state index in [9.17, 15) is 14.0 Å². The zero-order valence-electron chi connectivity index (χ0n) is 16.4. The highest BCUT2D eigenvalue weighted by Gasteiger charge is 2.30. The average Bonchev–Trinajstić information content (AvgIpc) is 3.48. The smallest absolute Gasteiger partial charge is 0.338 e. The van der Waals surface area contributed by atoms with Crippen molar-refractivity contribution >= 4 is 11.8 Å².